The number of aromatic nitrogens is 3. The molecule has 0 aliphatic heterocycles. The predicted octanol–water partition coefficient (Wildman–Crippen LogP) is 3.47. The molecule has 1 N–H and O–H groups in total. The number of benzene rings is 1. The minimum absolute atomic E-state index is 0.0923. The first-order valence-corrected chi connectivity index (χ1v) is 8.18. The van der Waals surface area contributed by atoms with Crippen LogP contribution in [0.3, 0.4) is 0 Å². The molecule has 22 heavy (non-hydrogen) atoms. The van der Waals surface area contributed by atoms with Crippen LogP contribution in [0.5, 0.6) is 5.75 Å². The summed E-state index contributed by atoms with van der Waals surface area (Å²) in [4.78, 5) is 5.47. The summed E-state index contributed by atoms with van der Waals surface area (Å²) < 4.78 is 7.21. The van der Waals surface area contributed by atoms with Crippen LogP contribution in [0.15, 0.2) is 24.3 Å². The van der Waals surface area contributed by atoms with Crippen LogP contribution in [-0.4, -0.2) is 26.3 Å². The Morgan fingerprint density at radius 2 is 2.00 bits per heavy atom. The molecular weight excluding hydrogens is 298 g/mol. The molecule has 0 saturated carbocycles. The molecular formula is C16H19N3O2S. The van der Waals surface area contributed by atoms with Crippen LogP contribution < -0.4 is 4.74 Å². The molecule has 0 aliphatic carbocycles. The van der Waals surface area contributed by atoms with Gasteiger partial charge in [-0.3, -0.25) is 0 Å². The van der Waals surface area contributed by atoms with Crippen molar-refractivity contribution >= 4 is 16.3 Å². The van der Waals surface area contributed by atoms with Gasteiger partial charge < -0.3 is 9.84 Å². The van der Waals surface area contributed by atoms with Crippen molar-refractivity contribution in [1.29, 1.82) is 0 Å². The van der Waals surface area contributed by atoms with Crippen LogP contribution in [0, 0.1) is 0 Å². The van der Waals surface area contributed by atoms with E-state index in [1.807, 2.05) is 31.2 Å². The zero-order valence-corrected chi connectivity index (χ0v) is 13.7. The first kappa shape index (κ1) is 15.0. The molecule has 2 aromatic heterocycles. The smallest absolute Gasteiger partial charge is 0.213 e. The number of ether oxygens (including phenoxy) is 1. The molecule has 2 heterocycles. The lowest BCUT2D eigenvalue weighted by molar-refractivity contribution is 0.275. The highest BCUT2D eigenvalue weighted by Gasteiger charge is 2.18. The number of hydrogen-bond donors (Lipinski definition) is 1. The maximum absolute atomic E-state index is 9.73. The number of imidazole rings is 1. The molecule has 3 rings (SSSR count). The van der Waals surface area contributed by atoms with Crippen molar-refractivity contribution in [2.45, 2.75) is 33.3 Å². The molecule has 5 nitrogen and oxygen atoms in total. The quantitative estimate of drug-likeness (QED) is 0.783. The average molecular weight is 317 g/mol. The van der Waals surface area contributed by atoms with Crippen molar-refractivity contribution in [3.63, 3.8) is 0 Å². The molecule has 6 heteroatoms. The third-order valence-electron chi connectivity index (χ3n) is 3.39. The second-order valence-electron chi connectivity index (χ2n) is 5.31. The van der Waals surface area contributed by atoms with Gasteiger partial charge in [0.25, 0.3) is 0 Å². The Hall–Kier alpha value is -1.92. The first-order chi connectivity index (χ1) is 10.6. The van der Waals surface area contributed by atoms with Crippen molar-refractivity contribution in [3.05, 3.63) is 35.0 Å². The second kappa shape index (κ2) is 6.06. The third-order valence-corrected chi connectivity index (χ3v) is 4.60. The highest BCUT2D eigenvalue weighted by molar-refractivity contribution is 7.16. The highest BCUT2D eigenvalue weighted by atomic mass is 32.1. The number of hydrogen-bond acceptors (Lipinski definition) is 5. The van der Waals surface area contributed by atoms with Gasteiger partial charge in [0.15, 0.2) is 0 Å². The van der Waals surface area contributed by atoms with Crippen LogP contribution in [0.1, 0.15) is 37.4 Å². The Balaban J connectivity index is 2.04. The predicted molar refractivity (Wildman–Crippen MR) is 87.5 cm³/mol. The molecule has 0 amide bonds. The summed E-state index contributed by atoms with van der Waals surface area (Å²) in [6.45, 7) is 6.71. The topological polar surface area (TPSA) is 59.7 Å². The molecule has 0 fully saturated rings. The van der Waals surface area contributed by atoms with E-state index in [1.165, 1.54) is 0 Å². The van der Waals surface area contributed by atoms with Gasteiger partial charge in [-0.05, 0) is 31.2 Å². The Morgan fingerprint density at radius 3 is 2.59 bits per heavy atom. The lowest BCUT2D eigenvalue weighted by Gasteiger charge is -2.05. The van der Waals surface area contributed by atoms with Gasteiger partial charge in [-0.15, -0.1) is 0 Å². The van der Waals surface area contributed by atoms with E-state index in [-0.39, 0.29) is 6.61 Å². The van der Waals surface area contributed by atoms with Crippen LogP contribution in [-0.2, 0) is 6.61 Å². The van der Waals surface area contributed by atoms with Crippen LogP contribution >= 0.6 is 11.3 Å². The average Bonchev–Trinajstić information content (AvgIpc) is 3.05. The van der Waals surface area contributed by atoms with E-state index in [0.29, 0.717) is 12.5 Å². The fourth-order valence-corrected chi connectivity index (χ4v) is 3.21. The molecule has 116 valence electrons. The zero-order valence-electron chi connectivity index (χ0n) is 12.9. The molecule has 0 spiro atoms. The maximum atomic E-state index is 9.73. The third kappa shape index (κ3) is 2.60. The second-order valence-corrected chi connectivity index (χ2v) is 6.30. The van der Waals surface area contributed by atoms with E-state index in [1.54, 1.807) is 15.9 Å². The fraction of sp³-hybridized carbons (Fsp3) is 0.375. The molecule has 0 bridgehead atoms. The highest BCUT2D eigenvalue weighted by Crippen LogP contribution is 2.30. The van der Waals surface area contributed by atoms with E-state index >= 15 is 0 Å². The van der Waals surface area contributed by atoms with Gasteiger partial charge in [-0.1, -0.05) is 25.2 Å². The van der Waals surface area contributed by atoms with Gasteiger partial charge in [0, 0.05) is 11.5 Å². The van der Waals surface area contributed by atoms with E-state index in [9.17, 15) is 5.11 Å². The minimum atomic E-state index is -0.0923. The van der Waals surface area contributed by atoms with Gasteiger partial charge in [-0.2, -0.15) is 5.10 Å². The molecule has 0 unspecified atom stereocenters. The number of aliphatic hydroxyl groups excluding tert-OH is 1. The largest absolute Gasteiger partial charge is 0.494 e. The molecule has 0 aliphatic rings. The van der Waals surface area contributed by atoms with Crippen molar-refractivity contribution < 1.29 is 9.84 Å². The monoisotopic (exact) mass is 317 g/mol. The van der Waals surface area contributed by atoms with Gasteiger partial charge in [0.2, 0.25) is 4.96 Å². The lowest BCUT2D eigenvalue weighted by atomic mass is 10.1. The Bertz CT molecular complexity index is 775. The van der Waals surface area contributed by atoms with E-state index < -0.39 is 0 Å². The zero-order chi connectivity index (χ0) is 15.7. The van der Waals surface area contributed by atoms with E-state index in [2.05, 4.69) is 23.9 Å². The summed E-state index contributed by atoms with van der Waals surface area (Å²) in [5.74, 6) is 1.19. The normalized spacial score (nSPS) is 11.5. The minimum Gasteiger partial charge on any atom is -0.494 e. The van der Waals surface area contributed by atoms with Crippen molar-refractivity contribution in [2.75, 3.05) is 6.61 Å². The number of nitrogens with zero attached hydrogens (tertiary/aromatic N) is 3. The molecule has 3 aromatic rings. The Kier molecular flexibility index (Phi) is 4.13. The van der Waals surface area contributed by atoms with Crippen molar-refractivity contribution in [1.82, 2.24) is 14.6 Å². The summed E-state index contributed by atoms with van der Waals surface area (Å²) >= 11 is 1.57. The molecule has 0 radical (unpaired) electrons. The SMILES string of the molecule is CCOc1ccc(-c2nc3sc(C(C)C)nn3c2CO)cc1. The summed E-state index contributed by atoms with van der Waals surface area (Å²) in [5, 5.41) is 15.3. The number of fused-ring (bicyclic) bond motifs is 1. The van der Waals surface area contributed by atoms with Gasteiger partial charge in [-0.25, -0.2) is 9.50 Å². The lowest BCUT2D eigenvalue weighted by Crippen LogP contribution is -1.97. The first-order valence-electron chi connectivity index (χ1n) is 7.36. The molecule has 0 saturated heterocycles. The molecule has 0 atom stereocenters. The number of aliphatic hydroxyl groups is 1. The van der Waals surface area contributed by atoms with Gasteiger partial charge >= 0.3 is 0 Å². The van der Waals surface area contributed by atoms with Gasteiger partial charge in [0.05, 0.1) is 24.6 Å². The maximum Gasteiger partial charge on any atom is 0.213 e. The van der Waals surface area contributed by atoms with E-state index in [4.69, 9.17) is 4.74 Å². The fourth-order valence-electron chi connectivity index (χ4n) is 2.29. The summed E-state index contributed by atoms with van der Waals surface area (Å²) in [5.41, 5.74) is 2.46. The Morgan fingerprint density at radius 1 is 1.27 bits per heavy atom. The standard InChI is InChI=1S/C16H19N3O2S/c1-4-21-12-7-5-11(6-8-12)14-13(9-20)19-16(17-14)22-15(18-19)10(2)3/h5-8,10,20H,4,9H2,1-3H3. The summed E-state index contributed by atoms with van der Waals surface area (Å²) in [6, 6.07) is 7.75. The van der Waals surface area contributed by atoms with Gasteiger partial charge in [0.1, 0.15) is 10.8 Å². The summed E-state index contributed by atoms with van der Waals surface area (Å²) in [6.07, 6.45) is 0. The van der Waals surface area contributed by atoms with Crippen LogP contribution in [0.25, 0.3) is 16.2 Å². The van der Waals surface area contributed by atoms with Crippen LogP contribution in [0.2, 0.25) is 0 Å². The molecule has 1 aromatic carbocycles. The Labute approximate surface area is 133 Å². The van der Waals surface area contributed by atoms with Crippen LogP contribution in [0.4, 0.5) is 0 Å². The van der Waals surface area contributed by atoms with E-state index in [0.717, 1.165) is 32.7 Å². The number of rotatable bonds is 5. The summed E-state index contributed by atoms with van der Waals surface area (Å²) in [7, 11) is 0. The van der Waals surface area contributed by atoms with Crippen molar-refractivity contribution in [2.24, 2.45) is 0 Å². The van der Waals surface area contributed by atoms with Crippen molar-refractivity contribution in [3.8, 4) is 17.0 Å².